The molecule has 0 aliphatic rings. The summed E-state index contributed by atoms with van der Waals surface area (Å²) in [5.74, 6) is 0.723. The zero-order valence-electron chi connectivity index (χ0n) is 10.5. The van der Waals surface area contributed by atoms with Crippen LogP contribution in [0.25, 0.3) is 0 Å². The average Bonchev–Trinajstić information content (AvgIpc) is 2.86. The van der Waals surface area contributed by atoms with Crippen LogP contribution in [0.3, 0.4) is 0 Å². The van der Waals surface area contributed by atoms with Gasteiger partial charge in [-0.25, -0.2) is 20.2 Å². The van der Waals surface area contributed by atoms with Gasteiger partial charge in [0, 0.05) is 12.4 Å². The molecule has 0 radical (unpaired) electrons. The molecule has 0 bridgehead atoms. The van der Waals surface area contributed by atoms with E-state index in [1.165, 1.54) is 23.7 Å². The summed E-state index contributed by atoms with van der Waals surface area (Å²) in [4.78, 5) is 23.8. The molecule has 2 aromatic rings. The predicted octanol–water partition coefficient (Wildman–Crippen LogP) is 2.21. The smallest absolute Gasteiger partial charge is 0.296 e. The maximum atomic E-state index is 11.7. The normalized spacial score (nSPS) is 10.3. The van der Waals surface area contributed by atoms with E-state index in [2.05, 4.69) is 31.1 Å². The first-order chi connectivity index (χ1) is 9.16. The van der Waals surface area contributed by atoms with Crippen molar-refractivity contribution < 1.29 is 4.79 Å². The zero-order valence-corrected chi connectivity index (χ0v) is 11.4. The summed E-state index contributed by atoms with van der Waals surface area (Å²) < 4.78 is 0. The standard InChI is InChI=1S/C11H14N6OS/c1-7(2)9-10(19-6-14-9)15-11(18)17-16-8-5-12-3-4-13-8/h3-7H,1-2H3,(H,13,16)(H2,15,17,18). The van der Waals surface area contributed by atoms with Gasteiger partial charge in [0.2, 0.25) is 0 Å². The van der Waals surface area contributed by atoms with Crippen LogP contribution in [0.4, 0.5) is 15.6 Å². The number of aromatic nitrogens is 3. The van der Waals surface area contributed by atoms with Crippen LogP contribution in [-0.4, -0.2) is 21.0 Å². The van der Waals surface area contributed by atoms with Gasteiger partial charge in [0.15, 0.2) is 5.82 Å². The van der Waals surface area contributed by atoms with Gasteiger partial charge in [-0.1, -0.05) is 13.8 Å². The number of hydrogen-bond acceptors (Lipinski definition) is 6. The molecule has 7 nitrogen and oxygen atoms in total. The Bertz CT molecular complexity index is 541. The van der Waals surface area contributed by atoms with Crippen LogP contribution in [0.2, 0.25) is 0 Å². The summed E-state index contributed by atoms with van der Waals surface area (Å²) in [6, 6.07) is -0.378. The summed E-state index contributed by atoms with van der Waals surface area (Å²) in [6.07, 6.45) is 4.59. The summed E-state index contributed by atoms with van der Waals surface area (Å²) in [5.41, 5.74) is 7.72. The quantitative estimate of drug-likeness (QED) is 0.746. The van der Waals surface area contributed by atoms with Gasteiger partial charge < -0.3 is 0 Å². The van der Waals surface area contributed by atoms with E-state index in [1.54, 1.807) is 11.7 Å². The van der Waals surface area contributed by atoms with Crippen LogP contribution < -0.4 is 16.2 Å². The Balaban J connectivity index is 1.89. The fourth-order valence-corrected chi connectivity index (χ4v) is 2.21. The van der Waals surface area contributed by atoms with Crippen LogP contribution in [-0.2, 0) is 0 Å². The Labute approximate surface area is 114 Å². The minimum absolute atomic E-state index is 0.259. The fraction of sp³-hybridized carbons (Fsp3) is 0.273. The number of rotatable bonds is 4. The Morgan fingerprint density at radius 1 is 1.32 bits per heavy atom. The number of nitrogens with zero attached hydrogens (tertiary/aromatic N) is 3. The topological polar surface area (TPSA) is 91.8 Å². The zero-order chi connectivity index (χ0) is 13.7. The van der Waals surface area contributed by atoms with Crippen molar-refractivity contribution in [3.8, 4) is 0 Å². The lowest BCUT2D eigenvalue weighted by Crippen LogP contribution is -2.34. The Morgan fingerprint density at radius 2 is 2.16 bits per heavy atom. The van der Waals surface area contributed by atoms with E-state index in [4.69, 9.17) is 0 Å². The van der Waals surface area contributed by atoms with E-state index < -0.39 is 0 Å². The average molecular weight is 278 g/mol. The fourth-order valence-electron chi connectivity index (χ4n) is 1.38. The first-order valence-corrected chi connectivity index (χ1v) is 6.57. The third kappa shape index (κ3) is 3.62. The van der Waals surface area contributed by atoms with E-state index in [0.29, 0.717) is 5.82 Å². The van der Waals surface area contributed by atoms with Gasteiger partial charge in [-0.15, -0.1) is 11.3 Å². The molecular weight excluding hydrogens is 264 g/mol. The van der Waals surface area contributed by atoms with Gasteiger partial charge >= 0.3 is 6.03 Å². The second-order valence-corrected chi connectivity index (χ2v) is 4.87. The second-order valence-electron chi connectivity index (χ2n) is 4.02. The molecule has 0 fully saturated rings. The molecular formula is C11H14N6OS. The number of hydrogen-bond donors (Lipinski definition) is 3. The van der Waals surface area contributed by atoms with E-state index in [0.717, 1.165) is 10.7 Å². The summed E-state index contributed by atoms with van der Waals surface area (Å²) in [7, 11) is 0. The molecule has 2 amide bonds. The summed E-state index contributed by atoms with van der Waals surface area (Å²) >= 11 is 1.39. The number of amides is 2. The van der Waals surface area contributed by atoms with Crippen LogP contribution >= 0.6 is 11.3 Å². The van der Waals surface area contributed by atoms with E-state index in [-0.39, 0.29) is 11.9 Å². The summed E-state index contributed by atoms with van der Waals surface area (Å²) in [6.45, 7) is 4.05. The number of thiazole rings is 1. The van der Waals surface area contributed by atoms with Crippen LogP contribution in [0.5, 0.6) is 0 Å². The number of carbonyl (C=O) groups excluding carboxylic acids is 1. The predicted molar refractivity (Wildman–Crippen MR) is 74.0 cm³/mol. The van der Waals surface area contributed by atoms with Crippen molar-refractivity contribution in [1.29, 1.82) is 0 Å². The van der Waals surface area contributed by atoms with Crippen molar-refractivity contribution in [3.05, 3.63) is 29.8 Å². The number of anilines is 2. The third-order valence-electron chi connectivity index (χ3n) is 2.24. The molecule has 0 aromatic carbocycles. The molecule has 2 rings (SSSR count). The van der Waals surface area contributed by atoms with E-state index in [1.807, 2.05) is 13.8 Å². The molecule has 0 aliphatic heterocycles. The van der Waals surface area contributed by atoms with Crippen molar-refractivity contribution in [2.24, 2.45) is 0 Å². The number of urea groups is 1. The third-order valence-corrected chi connectivity index (χ3v) is 2.99. The lowest BCUT2D eigenvalue weighted by Gasteiger charge is -2.09. The molecule has 2 heterocycles. The molecule has 0 saturated heterocycles. The van der Waals surface area contributed by atoms with Crippen LogP contribution in [0.1, 0.15) is 25.5 Å². The molecule has 8 heteroatoms. The molecule has 0 saturated carbocycles. The van der Waals surface area contributed by atoms with Gasteiger partial charge in [-0.3, -0.25) is 15.7 Å². The molecule has 0 spiro atoms. The Morgan fingerprint density at radius 3 is 2.84 bits per heavy atom. The maximum absolute atomic E-state index is 11.7. The highest BCUT2D eigenvalue weighted by Gasteiger charge is 2.12. The highest BCUT2D eigenvalue weighted by atomic mass is 32.1. The van der Waals surface area contributed by atoms with Crippen LogP contribution in [0.15, 0.2) is 24.1 Å². The minimum Gasteiger partial charge on any atom is -0.296 e. The second kappa shape index (κ2) is 6.10. The van der Waals surface area contributed by atoms with Crippen molar-refractivity contribution in [2.75, 3.05) is 10.7 Å². The van der Waals surface area contributed by atoms with Crippen molar-refractivity contribution in [1.82, 2.24) is 20.4 Å². The van der Waals surface area contributed by atoms with Crippen molar-refractivity contribution >= 4 is 28.2 Å². The van der Waals surface area contributed by atoms with Crippen molar-refractivity contribution in [2.45, 2.75) is 19.8 Å². The van der Waals surface area contributed by atoms with Gasteiger partial charge in [0.1, 0.15) is 5.00 Å². The minimum atomic E-state index is -0.378. The van der Waals surface area contributed by atoms with Gasteiger partial charge in [0.25, 0.3) is 0 Å². The highest BCUT2D eigenvalue weighted by Crippen LogP contribution is 2.26. The lowest BCUT2D eigenvalue weighted by molar-refractivity contribution is 0.254. The first-order valence-electron chi connectivity index (χ1n) is 5.69. The molecule has 2 aromatic heterocycles. The molecule has 3 N–H and O–H groups in total. The number of carbonyl (C=O) groups is 1. The molecule has 100 valence electrons. The van der Waals surface area contributed by atoms with Gasteiger partial charge in [-0.05, 0) is 5.92 Å². The van der Waals surface area contributed by atoms with Gasteiger partial charge in [0.05, 0.1) is 17.4 Å². The number of hydrazine groups is 1. The SMILES string of the molecule is CC(C)c1ncsc1NC(=O)NNc1cnccn1. The van der Waals surface area contributed by atoms with E-state index in [9.17, 15) is 4.79 Å². The Hall–Kier alpha value is -2.22. The largest absolute Gasteiger partial charge is 0.338 e. The molecule has 0 atom stereocenters. The van der Waals surface area contributed by atoms with Crippen LogP contribution in [0, 0.1) is 0 Å². The summed E-state index contributed by atoms with van der Waals surface area (Å²) in [5, 5.41) is 3.48. The van der Waals surface area contributed by atoms with Gasteiger partial charge in [-0.2, -0.15) is 0 Å². The maximum Gasteiger partial charge on any atom is 0.338 e. The van der Waals surface area contributed by atoms with E-state index >= 15 is 0 Å². The lowest BCUT2D eigenvalue weighted by atomic mass is 10.1. The number of nitrogens with one attached hydrogen (secondary N) is 3. The van der Waals surface area contributed by atoms with Crippen molar-refractivity contribution in [3.63, 3.8) is 0 Å². The molecule has 19 heavy (non-hydrogen) atoms. The Kier molecular flexibility index (Phi) is 4.24. The molecule has 0 aliphatic carbocycles. The molecule has 0 unspecified atom stereocenters. The first kappa shape index (κ1) is 13.2. The monoisotopic (exact) mass is 278 g/mol. The highest BCUT2D eigenvalue weighted by molar-refractivity contribution is 7.14.